The van der Waals surface area contributed by atoms with E-state index in [0.29, 0.717) is 29.6 Å². The minimum Gasteiger partial charge on any atom is -0.490 e. The summed E-state index contributed by atoms with van der Waals surface area (Å²) in [4.78, 5) is 12.2. The smallest absolute Gasteiger partial charge is 0.275 e. The summed E-state index contributed by atoms with van der Waals surface area (Å²) in [7, 11) is 0. The van der Waals surface area contributed by atoms with Crippen molar-refractivity contribution in [2.45, 2.75) is 20.0 Å². The van der Waals surface area contributed by atoms with Crippen molar-refractivity contribution in [1.29, 1.82) is 0 Å². The number of thiophene rings is 1. The highest BCUT2D eigenvalue weighted by atomic mass is 32.1. The number of hydrazine groups is 1. The Bertz CT molecular complexity index is 598. The van der Waals surface area contributed by atoms with Gasteiger partial charge in [-0.05, 0) is 30.0 Å². The molecule has 0 aliphatic heterocycles. The van der Waals surface area contributed by atoms with Crippen molar-refractivity contribution in [3.63, 3.8) is 0 Å². The molecule has 0 radical (unpaired) electrons. The van der Waals surface area contributed by atoms with Gasteiger partial charge in [-0.1, -0.05) is 19.1 Å². The van der Waals surface area contributed by atoms with Gasteiger partial charge in [-0.3, -0.25) is 10.2 Å². The summed E-state index contributed by atoms with van der Waals surface area (Å²) in [6.45, 7) is 2.98. The molecule has 0 fully saturated rings. The number of carbonyl (C=O) groups excluding carboxylic acids is 1. The van der Waals surface area contributed by atoms with Crippen LogP contribution >= 0.6 is 11.3 Å². The molecule has 0 atom stereocenters. The molecule has 0 saturated carbocycles. The van der Waals surface area contributed by atoms with Gasteiger partial charge in [0.05, 0.1) is 11.5 Å². The molecule has 112 valence electrons. The molecule has 0 aliphatic rings. The molecule has 1 aromatic heterocycles. The zero-order valence-corrected chi connectivity index (χ0v) is 12.6. The first kappa shape index (κ1) is 15.3. The number of benzene rings is 1. The molecule has 2 aromatic rings. The second kappa shape index (κ2) is 7.66. The van der Waals surface area contributed by atoms with Crippen LogP contribution in [0.25, 0.3) is 0 Å². The lowest BCUT2D eigenvalue weighted by Crippen LogP contribution is -2.30. The van der Waals surface area contributed by atoms with E-state index in [-0.39, 0.29) is 5.91 Å². The van der Waals surface area contributed by atoms with Gasteiger partial charge in [0.15, 0.2) is 11.5 Å². The second-order valence-corrected chi connectivity index (χ2v) is 5.25. The second-order valence-electron chi connectivity index (χ2n) is 4.33. The Morgan fingerprint density at radius 1 is 1.24 bits per heavy atom. The first-order valence-corrected chi connectivity index (χ1v) is 7.56. The minimum absolute atomic E-state index is 0.290. The molecule has 5 nitrogen and oxygen atoms in total. The molecule has 0 aliphatic carbocycles. The number of nitrogen functional groups attached to an aromatic ring is 1. The fourth-order valence-corrected chi connectivity index (χ4v) is 2.58. The number of carbonyl (C=O) groups is 1. The number of hydrogen-bond donors (Lipinski definition) is 2. The number of para-hydroxylation sites is 2. The zero-order chi connectivity index (χ0) is 15.1. The Morgan fingerprint density at radius 2 is 1.95 bits per heavy atom. The van der Waals surface area contributed by atoms with Gasteiger partial charge in [0, 0.05) is 5.56 Å². The molecule has 21 heavy (non-hydrogen) atoms. The van der Waals surface area contributed by atoms with Crippen LogP contribution in [0.1, 0.15) is 28.6 Å². The van der Waals surface area contributed by atoms with Crippen molar-refractivity contribution in [3.8, 4) is 11.5 Å². The first-order chi connectivity index (χ1) is 10.3. The fourth-order valence-electron chi connectivity index (χ4n) is 1.77. The average Bonchev–Trinajstić information content (AvgIpc) is 2.99. The van der Waals surface area contributed by atoms with Gasteiger partial charge < -0.3 is 9.47 Å². The molecule has 1 amide bonds. The van der Waals surface area contributed by atoms with Gasteiger partial charge >= 0.3 is 0 Å². The van der Waals surface area contributed by atoms with Crippen LogP contribution in [-0.2, 0) is 6.61 Å². The van der Waals surface area contributed by atoms with E-state index in [1.165, 1.54) is 11.3 Å². The molecule has 6 heteroatoms. The predicted octanol–water partition coefficient (Wildman–Crippen LogP) is 2.72. The third kappa shape index (κ3) is 3.96. The van der Waals surface area contributed by atoms with Crippen LogP contribution in [0, 0.1) is 0 Å². The summed E-state index contributed by atoms with van der Waals surface area (Å²) in [5, 5.41) is 1.84. The lowest BCUT2D eigenvalue weighted by atomic mass is 10.2. The number of nitrogens with two attached hydrogens (primary N) is 1. The maximum Gasteiger partial charge on any atom is 0.275 e. The first-order valence-electron chi connectivity index (χ1n) is 6.68. The van der Waals surface area contributed by atoms with E-state index < -0.39 is 0 Å². The van der Waals surface area contributed by atoms with E-state index >= 15 is 0 Å². The van der Waals surface area contributed by atoms with E-state index in [1.807, 2.05) is 42.6 Å². The van der Waals surface area contributed by atoms with E-state index in [4.69, 9.17) is 15.3 Å². The van der Waals surface area contributed by atoms with Crippen LogP contribution < -0.4 is 20.7 Å². The summed E-state index contributed by atoms with van der Waals surface area (Å²) in [6, 6.07) is 9.35. The number of ether oxygens (including phenoxy) is 2. The van der Waals surface area contributed by atoms with Crippen molar-refractivity contribution >= 4 is 17.2 Å². The van der Waals surface area contributed by atoms with Gasteiger partial charge in [0.2, 0.25) is 0 Å². The fraction of sp³-hybridized carbons (Fsp3) is 0.267. The summed E-state index contributed by atoms with van der Waals surface area (Å²) >= 11 is 1.33. The van der Waals surface area contributed by atoms with Crippen molar-refractivity contribution in [1.82, 2.24) is 5.43 Å². The Kier molecular flexibility index (Phi) is 5.59. The third-order valence-corrected chi connectivity index (χ3v) is 3.73. The summed E-state index contributed by atoms with van der Waals surface area (Å²) in [5.41, 5.74) is 2.94. The Labute approximate surface area is 127 Å². The predicted molar refractivity (Wildman–Crippen MR) is 82.5 cm³/mol. The minimum atomic E-state index is -0.306. The molecule has 2 rings (SSSR count). The maximum absolute atomic E-state index is 11.6. The maximum atomic E-state index is 11.6. The Balaban J connectivity index is 2.06. The van der Waals surface area contributed by atoms with Gasteiger partial charge in [-0.2, -0.15) is 0 Å². The molecular weight excluding hydrogens is 288 g/mol. The highest BCUT2D eigenvalue weighted by Gasteiger charge is 2.13. The van der Waals surface area contributed by atoms with Crippen LogP contribution in [0.15, 0.2) is 35.7 Å². The zero-order valence-electron chi connectivity index (χ0n) is 11.8. The van der Waals surface area contributed by atoms with E-state index in [1.54, 1.807) is 0 Å². The van der Waals surface area contributed by atoms with Gasteiger partial charge in [-0.15, -0.1) is 11.3 Å². The number of nitrogens with one attached hydrogen (secondary N) is 1. The number of rotatable bonds is 7. The number of hydrogen-bond acceptors (Lipinski definition) is 5. The topological polar surface area (TPSA) is 73.6 Å². The highest BCUT2D eigenvalue weighted by molar-refractivity contribution is 7.12. The molecule has 0 saturated heterocycles. The standard InChI is InChI=1S/C15H18N2O3S/c1-2-8-19-12-5-3-4-6-13(12)20-10-11-7-9-21-14(11)15(18)17-16/h3-7,9H,2,8,10,16H2,1H3,(H,17,18). The lowest BCUT2D eigenvalue weighted by Gasteiger charge is -2.12. The van der Waals surface area contributed by atoms with Crippen molar-refractivity contribution < 1.29 is 14.3 Å². The highest BCUT2D eigenvalue weighted by Crippen LogP contribution is 2.28. The largest absolute Gasteiger partial charge is 0.490 e. The summed E-state index contributed by atoms with van der Waals surface area (Å²) in [6.07, 6.45) is 0.930. The number of amides is 1. The van der Waals surface area contributed by atoms with Gasteiger partial charge in [0.1, 0.15) is 6.61 Å². The normalized spacial score (nSPS) is 10.2. The van der Waals surface area contributed by atoms with E-state index in [9.17, 15) is 4.79 Å². The molecule has 0 bridgehead atoms. The molecular formula is C15H18N2O3S. The van der Waals surface area contributed by atoms with Gasteiger partial charge in [-0.25, -0.2) is 5.84 Å². The summed E-state index contributed by atoms with van der Waals surface area (Å²) in [5.74, 6) is 6.23. The van der Waals surface area contributed by atoms with Crippen molar-refractivity contribution in [3.05, 3.63) is 46.2 Å². The Morgan fingerprint density at radius 3 is 2.62 bits per heavy atom. The van der Waals surface area contributed by atoms with Crippen LogP contribution in [0.2, 0.25) is 0 Å². The molecule has 1 heterocycles. The van der Waals surface area contributed by atoms with Crippen LogP contribution in [-0.4, -0.2) is 12.5 Å². The third-order valence-electron chi connectivity index (χ3n) is 2.78. The molecule has 3 N–H and O–H groups in total. The molecule has 1 aromatic carbocycles. The lowest BCUT2D eigenvalue weighted by molar-refractivity contribution is 0.0955. The molecule has 0 unspecified atom stereocenters. The summed E-state index contributed by atoms with van der Waals surface area (Å²) < 4.78 is 11.4. The van der Waals surface area contributed by atoms with Crippen molar-refractivity contribution in [2.24, 2.45) is 5.84 Å². The quantitative estimate of drug-likeness (QED) is 0.468. The van der Waals surface area contributed by atoms with E-state index in [2.05, 4.69) is 5.43 Å². The van der Waals surface area contributed by atoms with Crippen LogP contribution in [0.5, 0.6) is 11.5 Å². The average molecular weight is 306 g/mol. The Hall–Kier alpha value is -2.05. The van der Waals surface area contributed by atoms with Crippen LogP contribution in [0.3, 0.4) is 0 Å². The van der Waals surface area contributed by atoms with E-state index in [0.717, 1.165) is 12.0 Å². The monoisotopic (exact) mass is 306 g/mol. The van der Waals surface area contributed by atoms with Gasteiger partial charge in [0.25, 0.3) is 5.91 Å². The SMILES string of the molecule is CCCOc1ccccc1OCc1ccsc1C(=O)NN. The molecule has 0 spiro atoms. The van der Waals surface area contributed by atoms with Crippen LogP contribution in [0.4, 0.5) is 0 Å². The van der Waals surface area contributed by atoms with Crippen molar-refractivity contribution in [2.75, 3.05) is 6.61 Å².